The van der Waals surface area contributed by atoms with Gasteiger partial charge in [-0.15, -0.1) is 0 Å². The van der Waals surface area contributed by atoms with E-state index >= 15 is 0 Å². The zero-order valence-corrected chi connectivity index (χ0v) is 13.6. The predicted molar refractivity (Wildman–Crippen MR) is 83.3 cm³/mol. The van der Waals surface area contributed by atoms with Crippen molar-refractivity contribution in [3.05, 3.63) is 0 Å². The summed E-state index contributed by atoms with van der Waals surface area (Å²) in [6, 6.07) is 0.929. The Morgan fingerprint density at radius 3 is 2.16 bits per heavy atom. The molecule has 2 heteroatoms. The fraction of sp³-hybridized carbons (Fsp3) is 1.00. The van der Waals surface area contributed by atoms with Gasteiger partial charge in [0.1, 0.15) is 0 Å². The van der Waals surface area contributed by atoms with Crippen LogP contribution < -0.4 is 0 Å². The maximum absolute atomic E-state index is 2.72. The van der Waals surface area contributed by atoms with Crippen LogP contribution in [0.25, 0.3) is 0 Å². The van der Waals surface area contributed by atoms with Crippen LogP contribution in [-0.2, 0) is 0 Å². The van der Waals surface area contributed by atoms with Crippen LogP contribution in [0.4, 0.5) is 0 Å². The molecule has 2 nitrogen and oxygen atoms in total. The van der Waals surface area contributed by atoms with Crippen LogP contribution in [0, 0.1) is 11.3 Å². The van der Waals surface area contributed by atoms with Gasteiger partial charge in [0.05, 0.1) is 6.67 Å². The summed E-state index contributed by atoms with van der Waals surface area (Å²) in [5.74, 6) is 1.05. The molecule has 3 fully saturated rings. The average molecular weight is 266 g/mol. The number of hydrogen-bond acceptors (Lipinski definition) is 2. The van der Waals surface area contributed by atoms with Crippen molar-refractivity contribution in [2.75, 3.05) is 26.8 Å². The van der Waals surface area contributed by atoms with E-state index in [9.17, 15) is 0 Å². The van der Waals surface area contributed by atoms with Gasteiger partial charge < -0.3 is 0 Å². The smallest absolute Gasteiger partial charge is 0.0507 e. The van der Waals surface area contributed by atoms with E-state index in [0.29, 0.717) is 0 Å². The molecule has 0 amide bonds. The first-order valence-corrected chi connectivity index (χ1v) is 8.63. The molecule has 0 bridgehead atoms. The maximum atomic E-state index is 2.72. The summed E-state index contributed by atoms with van der Waals surface area (Å²) >= 11 is 0. The third-order valence-corrected chi connectivity index (χ3v) is 5.79. The Hall–Kier alpha value is -0.0800. The van der Waals surface area contributed by atoms with Gasteiger partial charge in [0.2, 0.25) is 0 Å². The number of hydrogen-bond donors (Lipinski definition) is 0. The molecule has 3 rings (SSSR count). The van der Waals surface area contributed by atoms with Crippen LogP contribution in [0.15, 0.2) is 0 Å². The quantitative estimate of drug-likeness (QED) is 0.746. The lowest BCUT2D eigenvalue weighted by Crippen LogP contribution is -2.51. The van der Waals surface area contributed by atoms with E-state index in [1.165, 1.54) is 64.7 Å². The van der Waals surface area contributed by atoms with E-state index < -0.39 is 0 Å². The zero-order valence-electron chi connectivity index (χ0n) is 13.6. The minimum Gasteiger partial charge on any atom is -0.292 e. The molecule has 3 aliphatic rings. The topological polar surface area (TPSA) is 6.48 Å². The van der Waals surface area contributed by atoms with Gasteiger partial charge >= 0.3 is 0 Å². The van der Waals surface area contributed by atoms with Crippen LogP contribution in [0.5, 0.6) is 0 Å². The van der Waals surface area contributed by atoms with E-state index in [0.717, 1.165) is 17.4 Å². The molecule has 2 aliphatic carbocycles. The highest BCUT2D eigenvalue weighted by Gasteiger charge is 2.48. The van der Waals surface area contributed by atoms with Crippen LogP contribution in [-0.4, -0.2) is 42.6 Å². The minimum atomic E-state index is 0.789. The predicted octanol–water partition coefficient (Wildman–Crippen LogP) is 3.97. The maximum Gasteiger partial charge on any atom is 0.0507 e. The van der Waals surface area contributed by atoms with Gasteiger partial charge in [-0.3, -0.25) is 9.80 Å². The van der Waals surface area contributed by atoms with Crippen molar-refractivity contribution in [3.8, 4) is 0 Å². The summed E-state index contributed by atoms with van der Waals surface area (Å²) < 4.78 is 0. The summed E-state index contributed by atoms with van der Waals surface area (Å²) in [4.78, 5) is 5.18. The number of rotatable bonds is 2. The van der Waals surface area contributed by atoms with Crippen molar-refractivity contribution in [3.63, 3.8) is 0 Å². The molecule has 112 valence electrons. The Morgan fingerprint density at radius 1 is 1.05 bits per heavy atom. The van der Waals surface area contributed by atoms with Crippen molar-refractivity contribution in [1.82, 2.24) is 9.80 Å². The van der Waals surface area contributed by atoms with Crippen molar-refractivity contribution >= 4 is 0 Å². The molecule has 0 aromatic heterocycles. The second-order valence-electron chi connectivity index (χ2n) is 6.95. The minimum absolute atomic E-state index is 0.789. The highest BCUT2D eigenvalue weighted by Crippen LogP contribution is 2.54. The van der Waals surface area contributed by atoms with Gasteiger partial charge in [0.25, 0.3) is 0 Å². The summed E-state index contributed by atoms with van der Waals surface area (Å²) in [6.07, 6.45) is 10.5. The third-order valence-electron chi connectivity index (χ3n) is 5.79. The Bertz CT molecular complexity index is 260. The second-order valence-corrected chi connectivity index (χ2v) is 6.95. The van der Waals surface area contributed by atoms with Crippen molar-refractivity contribution < 1.29 is 0 Å². The van der Waals surface area contributed by atoms with Gasteiger partial charge in [-0.05, 0) is 56.9 Å². The summed E-state index contributed by atoms with van der Waals surface area (Å²) in [6.45, 7) is 10.2. The van der Waals surface area contributed by atoms with E-state index in [1.54, 1.807) is 0 Å². The summed E-state index contributed by atoms with van der Waals surface area (Å²) in [5, 5.41) is 0. The molecule has 2 saturated carbocycles. The van der Waals surface area contributed by atoms with Gasteiger partial charge in [-0.2, -0.15) is 0 Å². The fourth-order valence-corrected chi connectivity index (χ4v) is 4.35. The van der Waals surface area contributed by atoms with Crippen LogP contribution in [0.1, 0.15) is 65.7 Å². The molecule has 1 aliphatic heterocycles. The first-order valence-electron chi connectivity index (χ1n) is 8.63. The lowest BCUT2D eigenvalue weighted by molar-refractivity contribution is -0.0307. The molecule has 1 saturated heterocycles. The van der Waals surface area contributed by atoms with Gasteiger partial charge in [-0.25, -0.2) is 0 Å². The Kier molecular flexibility index (Phi) is 5.30. The van der Waals surface area contributed by atoms with E-state index in [4.69, 9.17) is 0 Å². The molecule has 0 N–H and O–H groups in total. The molecular formula is C17H34N2. The van der Waals surface area contributed by atoms with E-state index in [-0.39, 0.29) is 0 Å². The monoisotopic (exact) mass is 266 g/mol. The number of nitrogens with zero attached hydrogens (tertiary/aromatic N) is 2. The van der Waals surface area contributed by atoms with E-state index in [2.05, 4.69) is 23.8 Å². The highest BCUT2D eigenvalue weighted by molar-refractivity contribution is 5.01. The highest BCUT2D eigenvalue weighted by atomic mass is 15.4. The van der Waals surface area contributed by atoms with Crippen LogP contribution in [0.3, 0.4) is 0 Å². The lowest BCUT2D eigenvalue weighted by atomic mass is 9.56. The largest absolute Gasteiger partial charge is 0.292 e. The summed E-state index contributed by atoms with van der Waals surface area (Å²) in [7, 11) is 2.25. The van der Waals surface area contributed by atoms with Crippen LogP contribution >= 0.6 is 0 Å². The Balaban J connectivity index is 0.000000637. The SMILES string of the molecule is CC.CCC1CCC2(CC1)CC(N1CCN(C)C1)C2. The molecule has 0 unspecified atom stereocenters. The third kappa shape index (κ3) is 3.33. The van der Waals surface area contributed by atoms with Crippen LogP contribution in [0.2, 0.25) is 0 Å². The van der Waals surface area contributed by atoms with Gasteiger partial charge in [0.15, 0.2) is 0 Å². The standard InChI is InChI=1S/C15H28N2.C2H6/c1-3-13-4-6-15(7-5-13)10-14(11-15)17-9-8-16(2)12-17;1-2/h13-14H,3-12H2,1-2H3;1-2H3. The second kappa shape index (κ2) is 6.58. The first kappa shape index (κ1) is 15.3. The van der Waals surface area contributed by atoms with Crippen molar-refractivity contribution in [2.45, 2.75) is 71.8 Å². The molecule has 0 aromatic carbocycles. The van der Waals surface area contributed by atoms with Crippen molar-refractivity contribution in [1.29, 1.82) is 0 Å². The Labute approximate surface area is 120 Å². The molecule has 19 heavy (non-hydrogen) atoms. The fourth-order valence-electron chi connectivity index (χ4n) is 4.35. The molecule has 0 radical (unpaired) electrons. The Morgan fingerprint density at radius 2 is 1.68 bits per heavy atom. The molecular weight excluding hydrogens is 232 g/mol. The van der Waals surface area contributed by atoms with E-state index in [1.807, 2.05) is 13.8 Å². The molecule has 1 heterocycles. The molecule has 0 atom stereocenters. The number of likely N-dealkylation sites (N-methyl/N-ethyl adjacent to an activating group) is 1. The normalized spacial score (nSPS) is 39.8. The molecule has 1 spiro atoms. The van der Waals surface area contributed by atoms with Gasteiger partial charge in [-0.1, -0.05) is 27.2 Å². The summed E-state index contributed by atoms with van der Waals surface area (Å²) in [5.41, 5.74) is 0.789. The molecule has 0 aromatic rings. The average Bonchev–Trinajstić information content (AvgIpc) is 2.85. The zero-order chi connectivity index (χ0) is 13.9. The first-order chi connectivity index (χ1) is 9.21. The van der Waals surface area contributed by atoms with Crippen molar-refractivity contribution in [2.24, 2.45) is 11.3 Å². The lowest BCUT2D eigenvalue weighted by Gasteiger charge is -2.54. The van der Waals surface area contributed by atoms with Gasteiger partial charge in [0, 0.05) is 19.1 Å².